The monoisotopic (exact) mass is 339 g/mol. The van der Waals surface area contributed by atoms with Gasteiger partial charge in [0.15, 0.2) is 5.58 Å². The summed E-state index contributed by atoms with van der Waals surface area (Å²) in [5.41, 5.74) is 0.376. The van der Waals surface area contributed by atoms with Crippen LogP contribution in [0, 0.1) is 5.92 Å². The minimum Gasteiger partial charge on any atom is -0.436 e. The molecule has 0 aliphatic heterocycles. The molecule has 1 aromatic carbocycles. The smallest absolute Gasteiger partial charge is 0.416 e. The zero-order valence-corrected chi connectivity index (χ0v) is 12.9. The van der Waals surface area contributed by atoms with Gasteiger partial charge in [0.25, 0.3) is 0 Å². The summed E-state index contributed by atoms with van der Waals surface area (Å²) >= 11 is 0.410. The molecule has 0 amide bonds. The number of oxazole rings is 1. The summed E-state index contributed by atoms with van der Waals surface area (Å²) in [6, 6.07) is 3.20. The van der Waals surface area contributed by atoms with Gasteiger partial charge >= 0.3 is 6.18 Å². The summed E-state index contributed by atoms with van der Waals surface area (Å²) in [6.07, 6.45) is 1.49. The van der Waals surface area contributed by atoms with Gasteiger partial charge in [0.2, 0.25) is 5.89 Å². The predicted octanol–water partition coefficient (Wildman–Crippen LogP) is 4.21. The molecule has 1 aliphatic rings. The first-order valence-electron chi connectivity index (χ1n) is 6.97. The van der Waals surface area contributed by atoms with E-state index in [0.717, 1.165) is 12.1 Å². The van der Waals surface area contributed by atoms with Crippen molar-refractivity contribution in [3.63, 3.8) is 0 Å². The van der Waals surface area contributed by atoms with E-state index in [2.05, 4.69) is 4.98 Å². The van der Waals surface area contributed by atoms with Crippen LogP contribution >= 0.6 is 0 Å². The molecular weight excluding hydrogens is 327 g/mol. The average molecular weight is 339 g/mol. The second-order valence-corrected chi connectivity index (χ2v) is 5.77. The lowest BCUT2D eigenvalue weighted by Crippen LogP contribution is -2.16. The van der Waals surface area contributed by atoms with Gasteiger partial charge in [-0.1, -0.05) is 19.1 Å². The summed E-state index contributed by atoms with van der Waals surface area (Å²) in [5, 5.41) is 0. The Morgan fingerprint density at radius 1 is 1.35 bits per heavy atom. The SMILES string of the molecule is CCC1C(c2nc3cc(C(F)(F)F)ccc3o2)=CC=CC1=S=O. The molecule has 0 saturated carbocycles. The number of allylic oxidation sites excluding steroid dienone is 4. The molecule has 3 nitrogen and oxygen atoms in total. The van der Waals surface area contributed by atoms with Crippen LogP contribution in [0.5, 0.6) is 0 Å². The van der Waals surface area contributed by atoms with Crippen molar-refractivity contribution in [1.82, 2.24) is 4.98 Å². The number of halogens is 3. The third-order valence-corrected chi connectivity index (χ3v) is 4.33. The van der Waals surface area contributed by atoms with Gasteiger partial charge in [-0.2, -0.15) is 13.2 Å². The van der Waals surface area contributed by atoms with Crippen molar-refractivity contribution < 1.29 is 21.8 Å². The molecule has 0 spiro atoms. The quantitative estimate of drug-likeness (QED) is 0.770. The number of alkyl halides is 3. The van der Waals surface area contributed by atoms with Gasteiger partial charge in [-0.05, 0) is 30.7 Å². The Morgan fingerprint density at radius 3 is 2.78 bits per heavy atom. The lowest BCUT2D eigenvalue weighted by atomic mass is 9.89. The number of hydrogen-bond acceptors (Lipinski definition) is 3. The second-order valence-electron chi connectivity index (χ2n) is 5.13. The van der Waals surface area contributed by atoms with Crippen LogP contribution in [0.4, 0.5) is 13.2 Å². The Morgan fingerprint density at radius 2 is 2.13 bits per heavy atom. The zero-order chi connectivity index (χ0) is 16.6. The van der Waals surface area contributed by atoms with E-state index in [-0.39, 0.29) is 22.9 Å². The van der Waals surface area contributed by atoms with Crippen molar-refractivity contribution in [2.75, 3.05) is 0 Å². The third-order valence-electron chi connectivity index (χ3n) is 3.72. The highest BCUT2D eigenvalue weighted by molar-refractivity contribution is 7.67. The van der Waals surface area contributed by atoms with Crippen molar-refractivity contribution in [3.05, 3.63) is 47.9 Å². The van der Waals surface area contributed by atoms with Crippen molar-refractivity contribution in [2.24, 2.45) is 5.92 Å². The fraction of sp³-hybridized carbons (Fsp3) is 0.250. The van der Waals surface area contributed by atoms with Crippen LogP contribution in [0.25, 0.3) is 16.7 Å². The minimum absolute atomic E-state index is 0.149. The molecule has 1 aliphatic carbocycles. The third kappa shape index (κ3) is 2.88. The normalized spacial score (nSPS) is 18.3. The maximum absolute atomic E-state index is 12.8. The van der Waals surface area contributed by atoms with Gasteiger partial charge in [-0.3, -0.25) is 0 Å². The van der Waals surface area contributed by atoms with Crippen molar-refractivity contribution in [2.45, 2.75) is 19.5 Å². The van der Waals surface area contributed by atoms with Crippen LogP contribution < -0.4 is 0 Å². The fourth-order valence-electron chi connectivity index (χ4n) is 2.59. The number of hydrogen-bond donors (Lipinski definition) is 0. The number of nitrogens with zero attached hydrogens (tertiary/aromatic N) is 1. The largest absolute Gasteiger partial charge is 0.436 e. The van der Waals surface area contributed by atoms with Crippen LogP contribution in [0.15, 0.2) is 40.8 Å². The number of fused-ring (bicyclic) bond motifs is 1. The predicted molar refractivity (Wildman–Crippen MR) is 83.1 cm³/mol. The molecule has 1 heterocycles. The van der Waals surface area contributed by atoms with Gasteiger partial charge in [0.1, 0.15) is 5.52 Å². The lowest BCUT2D eigenvalue weighted by molar-refractivity contribution is -0.137. The van der Waals surface area contributed by atoms with Crippen LogP contribution in [-0.4, -0.2) is 14.1 Å². The molecule has 1 unspecified atom stereocenters. The van der Waals surface area contributed by atoms with Crippen LogP contribution in [0.3, 0.4) is 0 Å². The Hall–Kier alpha value is -2.15. The maximum atomic E-state index is 12.8. The second kappa shape index (κ2) is 5.81. The summed E-state index contributed by atoms with van der Waals surface area (Å²) in [4.78, 5) is 4.83. The molecule has 1 aromatic heterocycles. The van der Waals surface area contributed by atoms with Gasteiger partial charge < -0.3 is 4.42 Å². The van der Waals surface area contributed by atoms with E-state index in [9.17, 15) is 17.4 Å². The van der Waals surface area contributed by atoms with E-state index in [1.54, 1.807) is 18.2 Å². The van der Waals surface area contributed by atoms with Crippen LogP contribution in [0.2, 0.25) is 0 Å². The molecule has 1 atom stereocenters. The Kier molecular flexibility index (Phi) is 3.97. The first-order chi connectivity index (χ1) is 10.9. The zero-order valence-electron chi connectivity index (χ0n) is 12.1. The van der Waals surface area contributed by atoms with E-state index in [4.69, 9.17) is 4.42 Å². The minimum atomic E-state index is -4.42. The molecule has 0 bridgehead atoms. The molecule has 0 saturated heterocycles. The van der Waals surface area contributed by atoms with Crippen molar-refractivity contribution >= 4 is 32.8 Å². The van der Waals surface area contributed by atoms with E-state index in [0.29, 0.717) is 28.1 Å². The van der Waals surface area contributed by atoms with E-state index in [1.165, 1.54) is 6.07 Å². The van der Waals surface area contributed by atoms with Gasteiger partial charge in [0.05, 0.1) is 21.7 Å². The fourth-order valence-corrected chi connectivity index (χ4v) is 3.13. The number of aromatic nitrogens is 1. The summed E-state index contributed by atoms with van der Waals surface area (Å²) < 4.78 is 55.1. The molecular formula is C16H12F3NO2S. The van der Waals surface area contributed by atoms with Crippen LogP contribution in [-0.2, 0) is 17.4 Å². The number of rotatable bonds is 2. The molecule has 2 aromatic rings. The topological polar surface area (TPSA) is 43.1 Å². The van der Waals surface area contributed by atoms with Crippen molar-refractivity contribution in [3.8, 4) is 0 Å². The first-order valence-corrected chi connectivity index (χ1v) is 7.71. The molecule has 7 heteroatoms. The Bertz CT molecular complexity index is 873. The van der Waals surface area contributed by atoms with E-state index >= 15 is 0 Å². The highest BCUT2D eigenvalue weighted by Gasteiger charge is 2.31. The lowest BCUT2D eigenvalue weighted by Gasteiger charge is -2.17. The highest BCUT2D eigenvalue weighted by atomic mass is 32.1. The van der Waals surface area contributed by atoms with Crippen LogP contribution in [0.1, 0.15) is 24.8 Å². The van der Waals surface area contributed by atoms with E-state index in [1.807, 2.05) is 6.92 Å². The molecule has 0 N–H and O–H groups in total. The molecule has 120 valence electrons. The van der Waals surface area contributed by atoms with Crippen molar-refractivity contribution in [1.29, 1.82) is 0 Å². The first kappa shape index (κ1) is 15.7. The van der Waals surface area contributed by atoms with E-state index < -0.39 is 11.7 Å². The molecule has 23 heavy (non-hydrogen) atoms. The number of benzene rings is 1. The molecule has 0 fully saturated rings. The average Bonchev–Trinajstić information content (AvgIpc) is 2.95. The summed E-state index contributed by atoms with van der Waals surface area (Å²) in [7, 11) is 0. The Balaban J connectivity index is 2.08. The molecule has 3 rings (SSSR count). The molecule has 0 radical (unpaired) electrons. The van der Waals surface area contributed by atoms with Gasteiger partial charge in [0, 0.05) is 11.5 Å². The summed E-state index contributed by atoms with van der Waals surface area (Å²) in [6.45, 7) is 1.93. The standard InChI is InChI=1S/C16H12F3NO2S/c1-2-10-11(4-3-5-14(10)23-21)15-20-12-8-9(16(17,18)19)6-7-13(12)22-15/h3-8,10H,2H2,1H3. The van der Waals surface area contributed by atoms with Gasteiger partial charge in [-0.15, -0.1) is 0 Å². The highest BCUT2D eigenvalue weighted by Crippen LogP contribution is 2.34. The maximum Gasteiger partial charge on any atom is 0.416 e. The van der Waals surface area contributed by atoms with Gasteiger partial charge in [-0.25, -0.2) is 9.19 Å². The Labute approximate surface area is 133 Å². The summed E-state index contributed by atoms with van der Waals surface area (Å²) in [5.74, 6) is 0.0970.